The molecule has 3 heterocycles. The first-order chi connectivity index (χ1) is 14.0. The van der Waals surface area contributed by atoms with Gasteiger partial charge in [-0.15, -0.1) is 22.7 Å². The molecule has 1 N–H and O–H groups in total. The molecule has 3 aromatic heterocycles. The third-order valence-corrected chi connectivity index (χ3v) is 7.00. The molecule has 1 aliphatic carbocycles. The number of hydrogen-bond donors (Lipinski definition) is 1. The SMILES string of the molecule is CCOC(=O)c1ccsc1NC(=O)Cn1cnc2sc3c(c2c1=O)CC[C@H](C)C3. The Balaban J connectivity index is 1.57. The molecule has 0 spiro atoms. The second-order valence-corrected chi connectivity index (χ2v) is 9.14. The molecule has 0 bridgehead atoms. The first kappa shape index (κ1) is 19.8. The van der Waals surface area contributed by atoms with E-state index in [0.29, 0.717) is 21.9 Å². The van der Waals surface area contributed by atoms with E-state index in [9.17, 15) is 14.4 Å². The predicted octanol–water partition coefficient (Wildman–Crippen LogP) is 3.46. The lowest BCUT2D eigenvalue weighted by Crippen LogP contribution is -2.28. The van der Waals surface area contributed by atoms with E-state index in [1.165, 1.54) is 27.1 Å². The number of carbonyl (C=O) groups is 2. The average Bonchev–Trinajstić information content (AvgIpc) is 3.28. The standard InChI is InChI=1S/C20H21N3O4S2/c1-3-27-20(26)13-6-7-28-17(13)22-15(24)9-23-10-21-18-16(19(23)25)12-5-4-11(2)8-14(12)29-18/h6-7,10-11H,3-5,8-9H2,1-2H3,(H,22,24)/t11-/m0/s1. The molecule has 1 atom stereocenters. The average molecular weight is 432 g/mol. The zero-order valence-electron chi connectivity index (χ0n) is 16.2. The Hall–Kier alpha value is -2.52. The van der Waals surface area contributed by atoms with E-state index in [4.69, 9.17) is 4.74 Å². The summed E-state index contributed by atoms with van der Waals surface area (Å²) in [5, 5.41) is 5.48. The van der Waals surface area contributed by atoms with Crippen LogP contribution in [0.2, 0.25) is 0 Å². The van der Waals surface area contributed by atoms with Crippen LogP contribution in [0, 0.1) is 5.92 Å². The zero-order chi connectivity index (χ0) is 20.5. The number of hydrogen-bond acceptors (Lipinski definition) is 7. The Morgan fingerprint density at radius 2 is 2.24 bits per heavy atom. The van der Waals surface area contributed by atoms with Crippen molar-refractivity contribution >= 4 is 49.8 Å². The molecular formula is C20H21N3O4S2. The number of amides is 1. The predicted molar refractivity (Wildman–Crippen MR) is 114 cm³/mol. The van der Waals surface area contributed by atoms with Crippen LogP contribution in [0.1, 0.15) is 41.1 Å². The molecule has 0 radical (unpaired) electrons. The molecule has 0 saturated heterocycles. The third-order valence-electron chi connectivity index (χ3n) is 5.01. The van der Waals surface area contributed by atoms with Gasteiger partial charge in [0.05, 0.1) is 23.9 Å². The van der Waals surface area contributed by atoms with E-state index in [1.54, 1.807) is 29.7 Å². The number of aryl methyl sites for hydroxylation is 1. The van der Waals surface area contributed by atoms with Crippen LogP contribution in [-0.2, 0) is 28.9 Å². The Morgan fingerprint density at radius 3 is 3.03 bits per heavy atom. The van der Waals surface area contributed by atoms with Gasteiger partial charge in [0, 0.05) is 4.88 Å². The van der Waals surface area contributed by atoms with Crippen molar-refractivity contribution in [3.63, 3.8) is 0 Å². The lowest BCUT2D eigenvalue weighted by Gasteiger charge is -2.17. The minimum atomic E-state index is -0.483. The van der Waals surface area contributed by atoms with Crippen LogP contribution < -0.4 is 10.9 Å². The van der Waals surface area contributed by atoms with Gasteiger partial charge in [-0.1, -0.05) is 6.92 Å². The van der Waals surface area contributed by atoms with Crippen molar-refractivity contribution in [1.29, 1.82) is 0 Å². The fraction of sp³-hybridized carbons (Fsp3) is 0.400. The Morgan fingerprint density at radius 1 is 1.41 bits per heavy atom. The molecular weight excluding hydrogens is 410 g/mol. The lowest BCUT2D eigenvalue weighted by atomic mass is 9.89. The Kier molecular flexibility index (Phi) is 5.51. The minimum Gasteiger partial charge on any atom is -0.462 e. The van der Waals surface area contributed by atoms with Crippen molar-refractivity contribution in [1.82, 2.24) is 9.55 Å². The summed E-state index contributed by atoms with van der Waals surface area (Å²) >= 11 is 2.82. The number of fused-ring (bicyclic) bond motifs is 3. The second-order valence-electron chi connectivity index (χ2n) is 7.14. The highest BCUT2D eigenvalue weighted by molar-refractivity contribution is 7.18. The smallest absolute Gasteiger partial charge is 0.341 e. The summed E-state index contributed by atoms with van der Waals surface area (Å²) in [6.45, 7) is 4.04. The van der Waals surface area contributed by atoms with Crippen LogP contribution in [-0.4, -0.2) is 28.0 Å². The van der Waals surface area contributed by atoms with Gasteiger partial charge >= 0.3 is 5.97 Å². The Labute approximate surface area is 175 Å². The van der Waals surface area contributed by atoms with E-state index < -0.39 is 5.97 Å². The van der Waals surface area contributed by atoms with Crippen LogP contribution in [0.5, 0.6) is 0 Å². The number of esters is 1. The summed E-state index contributed by atoms with van der Waals surface area (Å²) in [6.07, 6.45) is 4.34. The monoisotopic (exact) mass is 431 g/mol. The summed E-state index contributed by atoms with van der Waals surface area (Å²) in [5.74, 6) is -0.259. The molecule has 152 valence electrons. The number of nitrogens with zero attached hydrogens (tertiary/aromatic N) is 2. The van der Waals surface area contributed by atoms with Crippen LogP contribution in [0.15, 0.2) is 22.6 Å². The second kappa shape index (κ2) is 8.08. The van der Waals surface area contributed by atoms with Gasteiger partial charge in [0.15, 0.2) is 0 Å². The van der Waals surface area contributed by atoms with E-state index in [1.807, 2.05) is 0 Å². The summed E-state index contributed by atoms with van der Waals surface area (Å²) in [5.41, 5.74) is 1.22. The molecule has 0 aromatic carbocycles. The molecule has 0 saturated carbocycles. The quantitative estimate of drug-likeness (QED) is 0.625. The van der Waals surface area contributed by atoms with E-state index in [0.717, 1.165) is 29.7 Å². The molecule has 3 aromatic rings. The van der Waals surface area contributed by atoms with Crippen LogP contribution in [0.4, 0.5) is 5.00 Å². The zero-order valence-corrected chi connectivity index (χ0v) is 17.8. The first-order valence-electron chi connectivity index (χ1n) is 9.52. The number of carbonyl (C=O) groups excluding carboxylic acids is 2. The molecule has 0 aliphatic heterocycles. The summed E-state index contributed by atoms with van der Waals surface area (Å²) < 4.78 is 6.33. The normalized spacial score (nSPS) is 15.9. The number of rotatable bonds is 5. The first-order valence-corrected chi connectivity index (χ1v) is 11.2. The van der Waals surface area contributed by atoms with Crippen molar-refractivity contribution in [3.05, 3.63) is 44.1 Å². The van der Waals surface area contributed by atoms with E-state index in [-0.39, 0.29) is 24.6 Å². The molecule has 1 aliphatic rings. The van der Waals surface area contributed by atoms with Gasteiger partial charge in [-0.05, 0) is 49.1 Å². The fourth-order valence-electron chi connectivity index (χ4n) is 3.58. The molecule has 9 heteroatoms. The van der Waals surface area contributed by atoms with Crippen molar-refractivity contribution in [2.45, 2.75) is 39.7 Å². The number of nitrogens with one attached hydrogen (secondary N) is 1. The van der Waals surface area contributed by atoms with Gasteiger partial charge in [-0.25, -0.2) is 9.78 Å². The largest absolute Gasteiger partial charge is 0.462 e. The van der Waals surface area contributed by atoms with Gasteiger partial charge in [0.25, 0.3) is 5.56 Å². The van der Waals surface area contributed by atoms with Gasteiger partial charge < -0.3 is 10.1 Å². The fourth-order valence-corrected chi connectivity index (χ4v) is 5.71. The van der Waals surface area contributed by atoms with Crippen LogP contribution >= 0.6 is 22.7 Å². The highest BCUT2D eigenvalue weighted by Crippen LogP contribution is 2.35. The van der Waals surface area contributed by atoms with Gasteiger partial charge in [-0.3, -0.25) is 14.2 Å². The molecule has 7 nitrogen and oxygen atoms in total. The molecule has 29 heavy (non-hydrogen) atoms. The number of thiophene rings is 2. The van der Waals surface area contributed by atoms with E-state index in [2.05, 4.69) is 17.2 Å². The number of anilines is 1. The van der Waals surface area contributed by atoms with Crippen molar-refractivity contribution < 1.29 is 14.3 Å². The van der Waals surface area contributed by atoms with Gasteiger partial charge in [-0.2, -0.15) is 0 Å². The van der Waals surface area contributed by atoms with Gasteiger partial charge in [0.1, 0.15) is 16.4 Å². The third kappa shape index (κ3) is 3.84. The lowest BCUT2D eigenvalue weighted by molar-refractivity contribution is -0.116. The van der Waals surface area contributed by atoms with Crippen molar-refractivity contribution in [3.8, 4) is 0 Å². The van der Waals surface area contributed by atoms with Crippen LogP contribution in [0.25, 0.3) is 10.2 Å². The molecule has 1 amide bonds. The molecule has 0 fully saturated rings. The minimum absolute atomic E-state index is 0.164. The number of ether oxygens (including phenoxy) is 1. The maximum Gasteiger partial charge on any atom is 0.341 e. The maximum atomic E-state index is 13.0. The Bertz CT molecular complexity index is 1140. The van der Waals surface area contributed by atoms with Crippen molar-refractivity contribution in [2.75, 3.05) is 11.9 Å². The highest BCUT2D eigenvalue weighted by Gasteiger charge is 2.23. The summed E-state index contributed by atoms with van der Waals surface area (Å²) in [7, 11) is 0. The number of aromatic nitrogens is 2. The summed E-state index contributed by atoms with van der Waals surface area (Å²) in [4.78, 5) is 43.9. The maximum absolute atomic E-state index is 13.0. The topological polar surface area (TPSA) is 90.3 Å². The molecule has 4 rings (SSSR count). The molecule has 0 unspecified atom stereocenters. The van der Waals surface area contributed by atoms with Crippen molar-refractivity contribution in [2.24, 2.45) is 5.92 Å². The summed E-state index contributed by atoms with van der Waals surface area (Å²) in [6, 6.07) is 1.61. The highest BCUT2D eigenvalue weighted by atomic mass is 32.1. The van der Waals surface area contributed by atoms with Gasteiger partial charge in [0.2, 0.25) is 5.91 Å². The van der Waals surface area contributed by atoms with E-state index >= 15 is 0 Å². The van der Waals surface area contributed by atoms with Crippen LogP contribution in [0.3, 0.4) is 0 Å².